The Morgan fingerprint density at radius 2 is 2.00 bits per heavy atom. The van der Waals surface area contributed by atoms with Crippen LogP contribution in [0.5, 0.6) is 0 Å². The summed E-state index contributed by atoms with van der Waals surface area (Å²) in [4.78, 5) is 12.6. The number of aryl methyl sites for hydroxylation is 1. The summed E-state index contributed by atoms with van der Waals surface area (Å²) in [5, 5.41) is 7.78. The molecular weight excluding hydrogens is 399 g/mol. The van der Waals surface area contributed by atoms with Crippen LogP contribution in [0.2, 0.25) is 0 Å². The van der Waals surface area contributed by atoms with Crippen LogP contribution < -0.4 is 0 Å². The number of aromatic nitrogens is 2. The van der Waals surface area contributed by atoms with Gasteiger partial charge in [0.05, 0.1) is 8.66 Å². The molecule has 0 saturated heterocycles. The summed E-state index contributed by atoms with van der Waals surface area (Å²) in [5.74, 6) is -0.0445. The minimum Gasteiger partial charge on any atom is -0.456 e. The second-order valence-electron chi connectivity index (χ2n) is 4.89. The molecule has 0 radical (unpaired) electrons. The van der Waals surface area contributed by atoms with Gasteiger partial charge in [-0.2, -0.15) is 0 Å². The molecule has 3 rings (SSSR count). The lowest BCUT2D eigenvalue weighted by Gasteiger charge is -2.02. The lowest BCUT2D eigenvalue weighted by Crippen LogP contribution is -2.06. The van der Waals surface area contributed by atoms with Gasteiger partial charge in [-0.25, -0.2) is 4.39 Å². The zero-order chi connectivity index (χ0) is 16.9. The predicted octanol–water partition coefficient (Wildman–Crippen LogP) is 4.38. The molecule has 0 N–H and O–H groups in total. The molecule has 5 nitrogen and oxygen atoms in total. The second kappa shape index (κ2) is 7.67. The van der Waals surface area contributed by atoms with Crippen LogP contribution in [-0.2, 0) is 22.6 Å². The van der Waals surface area contributed by atoms with E-state index >= 15 is 0 Å². The summed E-state index contributed by atoms with van der Waals surface area (Å²) in [6, 6.07) is 9.77. The average molecular weight is 411 g/mol. The Labute approximate surface area is 149 Å². The molecular formula is C16H12BrFN2O3S. The van der Waals surface area contributed by atoms with E-state index in [4.69, 9.17) is 9.15 Å². The van der Waals surface area contributed by atoms with Crippen LogP contribution in [0.25, 0.3) is 10.8 Å². The van der Waals surface area contributed by atoms with Crippen LogP contribution in [0.1, 0.15) is 17.9 Å². The van der Waals surface area contributed by atoms with E-state index in [9.17, 15) is 9.18 Å². The number of carbonyl (C=O) groups excluding carboxylic acids is 1. The highest BCUT2D eigenvalue weighted by molar-refractivity contribution is 9.11. The van der Waals surface area contributed by atoms with Crippen molar-refractivity contribution in [1.29, 1.82) is 0 Å². The third-order valence-corrected chi connectivity index (χ3v) is 4.75. The molecule has 2 aromatic heterocycles. The third kappa shape index (κ3) is 4.48. The number of esters is 1. The highest BCUT2D eigenvalue weighted by Gasteiger charge is 2.12. The number of benzene rings is 1. The smallest absolute Gasteiger partial charge is 0.306 e. The second-order valence-corrected chi connectivity index (χ2v) is 7.35. The molecule has 1 aromatic carbocycles. The predicted molar refractivity (Wildman–Crippen MR) is 89.8 cm³/mol. The largest absolute Gasteiger partial charge is 0.456 e. The molecule has 0 bridgehead atoms. The van der Waals surface area contributed by atoms with Crippen LogP contribution >= 0.6 is 27.3 Å². The van der Waals surface area contributed by atoms with Gasteiger partial charge in [0.2, 0.25) is 0 Å². The molecule has 0 saturated carbocycles. The Balaban J connectivity index is 1.48. The molecule has 0 amide bonds. The first-order valence-corrected chi connectivity index (χ1v) is 8.69. The minimum absolute atomic E-state index is 0.0677. The van der Waals surface area contributed by atoms with Crippen molar-refractivity contribution in [1.82, 2.24) is 10.2 Å². The minimum atomic E-state index is -0.377. The summed E-state index contributed by atoms with van der Waals surface area (Å²) in [7, 11) is 0. The fourth-order valence-corrected chi connectivity index (χ4v) is 3.26. The molecule has 124 valence electrons. The van der Waals surface area contributed by atoms with Crippen molar-refractivity contribution in [3.05, 3.63) is 57.5 Å². The maximum absolute atomic E-state index is 12.8. The van der Waals surface area contributed by atoms with Crippen molar-refractivity contribution in [2.24, 2.45) is 0 Å². The van der Waals surface area contributed by atoms with Crippen LogP contribution in [0.3, 0.4) is 0 Å². The van der Waals surface area contributed by atoms with Gasteiger partial charge >= 0.3 is 5.97 Å². The van der Waals surface area contributed by atoms with Crippen molar-refractivity contribution in [2.45, 2.75) is 19.4 Å². The van der Waals surface area contributed by atoms with Crippen molar-refractivity contribution in [2.75, 3.05) is 0 Å². The van der Waals surface area contributed by atoms with Crippen molar-refractivity contribution in [3.63, 3.8) is 0 Å². The lowest BCUT2D eigenvalue weighted by molar-refractivity contribution is -0.145. The Morgan fingerprint density at radius 3 is 2.71 bits per heavy atom. The molecule has 0 aliphatic carbocycles. The maximum Gasteiger partial charge on any atom is 0.306 e. The molecule has 0 aliphatic rings. The molecule has 0 atom stereocenters. The molecule has 0 unspecified atom stereocenters. The van der Waals surface area contributed by atoms with Gasteiger partial charge in [-0.1, -0.05) is 12.1 Å². The summed E-state index contributed by atoms with van der Waals surface area (Å²) < 4.78 is 24.3. The molecule has 0 aliphatic heterocycles. The van der Waals surface area contributed by atoms with Crippen molar-refractivity contribution in [3.8, 4) is 10.8 Å². The van der Waals surface area contributed by atoms with Gasteiger partial charge in [0, 0.05) is 6.42 Å². The highest BCUT2D eigenvalue weighted by Crippen LogP contribution is 2.30. The van der Waals surface area contributed by atoms with E-state index in [1.54, 1.807) is 12.1 Å². The van der Waals surface area contributed by atoms with Gasteiger partial charge in [-0.05, 0) is 52.2 Å². The van der Waals surface area contributed by atoms with E-state index in [-0.39, 0.29) is 30.7 Å². The molecule has 0 spiro atoms. The topological polar surface area (TPSA) is 65.2 Å². The maximum atomic E-state index is 12.8. The molecule has 2 heterocycles. The number of ether oxygens (including phenoxy) is 1. The van der Waals surface area contributed by atoms with E-state index in [2.05, 4.69) is 26.1 Å². The molecule has 3 aromatic rings. The Hall–Kier alpha value is -2.06. The number of hydrogen-bond donors (Lipinski definition) is 0. The van der Waals surface area contributed by atoms with Crippen LogP contribution in [0.15, 0.2) is 44.6 Å². The standard InChI is InChI=1S/C16H12BrFN2O3S/c17-13-7-6-12(24-13)16-20-19-14(23-16)9-22-15(21)8-3-10-1-4-11(18)5-2-10/h1-2,4-7H,3,8-9H2. The van der Waals surface area contributed by atoms with Gasteiger partial charge in [-0.15, -0.1) is 21.5 Å². The number of carbonyl (C=O) groups is 1. The van der Waals surface area contributed by atoms with Crippen molar-refractivity contribution < 1.29 is 18.3 Å². The van der Waals surface area contributed by atoms with E-state index in [1.165, 1.54) is 23.5 Å². The van der Waals surface area contributed by atoms with Crippen LogP contribution in [-0.4, -0.2) is 16.2 Å². The molecule has 24 heavy (non-hydrogen) atoms. The first kappa shape index (κ1) is 16.8. The zero-order valence-electron chi connectivity index (χ0n) is 12.4. The number of rotatable bonds is 6. The molecule has 8 heteroatoms. The van der Waals surface area contributed by atoms with E-state index in [0.717, 1.165) is 14.2 Å². The van der Waals surface area contributed by atoms with Crippen LogP contribution in [0.4, 0.5) is 4.39 Å². The summed E-state index contributed by atoms with van der Waals surface area (Å²) >= 11 is 4.84. The fourth-order valence-electron chi connectivity index (χ4n) is 1.95. The van der Waals surface area contributed by atoms with Crippen molar-refractivity contribution >= 4 is 33.2 Å². The monoisotopic (exact) mass is 410 g/mol. The van der Waals surface area contributed by atoms with E-state index < -0.39 is 0 Å². The Bertz CT molecular complexity index is 832. The Morgan fingerprint density at radius 1 is 1.21 bits per heavy atom. The van der Waals surface area contributed by atoms with Gasteiger partial charge in [0.25, 0.3) is 11.8 Å². The average Bonchev–Trinajstić information content (AvgIpc) is 3.21. The van der Waals surface area contributed by atoms with Gasteiger partial charge < -0.3 is 9.15 Å². The lowest BCUT2D eigenvalue weighted by atomic mass is 10.1. The summed E-state index contributed by atoms with van der Waals surface area (Å²) in [6.07, 6.45) is 0.682. The number of thiophene rings is 1. The van der Waals surface area contributed by atoms with E-state index in [0.29, 0.717) is 12.3 Å². The van der Waals surface area contributed by atoms with Crippen LogP contribution in [0, 0.1) is 5.82 Å². The van der Waals surface area contributed by atoms with Gasteiger partial charge in [-0.3, -0.25) is 4.79 Å². The third-order valence-electron chi connectivity index (χ3n) is 3.14. The highest BCUT2D eigenvalue weighted by atomic mass is 79.9. The van der Waals surface area contributed by atoms with Gasteiger partial charge in [0.1, 0.15) is 5.82 Å². The molecule has 0 fully saturated rings. The summed E-state index contributed by atoms with van der Waals surface area (Å²) in [6.45, 7) is -0.0677. The normalized spacial score (nSPS) is 10.8. The number of nitrogens with zero attached hydrogens (tertiary/aromatic N) is 2. The number of hydrogen-bond acceptors (Lipinski definition) is 6. The number of halogens is 2. The quantitative estimate of drug-likeness (QED) is 0.564. The summed E-state index contributed by atoms with van der Waals surface area (Å²) in [5.41, 5.74) is 0.872. The van der Waals surface area contributed by atoms with Gasteiger partial charge in [0.15, 0.2) is 6.61 Å². The SMILES string of the molecule is O=C(CCc1ccc(F)cc1)OCc1nnc(-c2ccc(Br)s2)o1. The fraction of sp³-hybridized carbons (Fsp3) is 0.188. The zero-order valence-corrected chi connectivity index (χ0v) is 14.8. The van der Waals surface area contributed by atoms with E-state index in [1.807, 2.05) is 12.1 Å². The first-order chi connectivity index (χ1) is 11.6. The first-order valence-electron chi connectivity index (χ1n) is 7.08. The Kier molecular flexibility index (Phi) is 5.37.